The highest BCUT2D eigenvalue weighted by molar-refractivity contribution is 8.00. The fraction of sp³-hybridized carbons (Fsp3) is 0.357. The van der Waals surface area contributed by atoms with Crippen LogP contribution in [0.25, 0.3) is 0 Å². The lowest BCUT2D eigenvalue weighted by atomic mass is 10.2. The Bertz CT molecular complexity index is 616. The summed E-state index contributed by atoms with van der Waals surface area (Å²) in [5, 5.41) is 11.1. The van der Waals surface area contributed by atoms with Crippen LogP contribution in [0, 0.1) is 0 Å². The van der Waals surface area contributed by atoms with Gasteiger partial charge < -0.3 is 9.47 Å². The zero-order valence-corrected chi connectivity index (χ0v) is 14.2. The standard InChI is InChI=1S/C14H17N3O3S2/c1-4-11(20-10-7-5-9(19-2)6-8-10)12(18)15-13-16-17-14(21-3)22-13/h5-8,11H,4H2,1-3H3,(H,15,16,18). The maximum atomic E-state index is 12.2. The van der Waals surface area contributed by atoms with E-state index in [4.69, 9.17) is 9.47 Å². The van der Waals surface area contributed by atoms with E-state index in [0.29, 0.717) is 17.3 Å². The molecule has 0 fully saturated rings. The summed E-state index contributed by atoms with van der Waals surface area (Å²) in [6.45, 7) is 1.89. The number of carbonyl (C=O) groups excluding carboxylic acids is 1. The fourth-order valence-electron chi connectivity index (χ4n) is 1.67. The Balaban J connectivity index is 1.98. The number of aromatic nitrogens is 2. The molecule has 2 rings (SSSR count). The summed E-state index contributed by atoms with van der Waals surface area (Å²) in [6, 6.07) is 7.11. The predicted octanol–water partition coefficient (Wildman–Crippen LogP) is 3.06. The number of hydrogen-bond acceptors (Lipinski definition) is 7. The molecule has 0 spiro atoms. The summed E-state index contributed by atoms with van der Waals surface area (Å²) in [4.78, 5) is 12.2. The van der Waals surface area contributed by atoms with E-state index in [2.05, 4.69) is 15.5 Å². The molecule has 118 valence electrons. The minimum absolute atomic E-state index is 0.234. The van der Waals surface area contributed by atoms with Crippen molar-refractivity contribution < 1.29 is 14.3 Å². The normalized spacial score (nSPS) is 11.8. The van der Waals surface area contributed by atoms with Crippen LogP contribution < -0.4 is 14.8 Å². The van der Waals surface area contributed by atoms with E-state index in [0.717, 1.165) is 10.1 Å². The smallest absolute Gasteiger partial charge is 0.267 e. The molecule has 0 saturated heterocycles. The van der Waals surface area contributed by atoms with E-state index < -0.39 is 6.10 Å². The van der Waals surface area contributed by atoms with Crippen LogP contribution in [0.4, 0.5) is 5.13 Å². The van der Waals surface area contributed by atoms with Crippen molar-refractivity contribution in [2.45, 2.75) is 23.8 Å². The Morgan fingerprint density at radius 2 is 2.00 bits per heavy atom. The minimum Gasteiger partial charge on any atom is -0.497 e. The van der Waals surface area contributed by atoms with Crippen LogP contribution in [0.1, 0.15) is 13.3 Å². The van der Waals surface area contributed by atoms with Gasteiger partial charge in [-0.1, -0.05) is 30.0 Å². The summed E-state index contributed by atoms with van der Waals surface area (Å²) in [5.41, 5.74) is 0. The van der Waals surface area contributed by atoms with E-state index in [9.17, 15) is 4.79 Å². The number of carbonyl (C=O) groups is 1. The largest absolute Gasteiger partial charge is 0.497 e. The van der Waals surface area contributed by atoms with Crippen molar-refractivity contribution in [1.29, 1.82) is 0 Å². The molecule has 0 aliphatic heterocycles. The van der Waals surface area contributed by atoms with Crippen LogP contribution >= 0.6 is 23.1 Å². The van der Waals surface area contributed by atoms with E-state index in [1.807, 2.05) is 13.2 Å². The monoisotopic (exact) mass is 339 g/mol. The Hall–Kier alpha value is -1.80. The van der Waals surface area contributed by atoms with Crippen molar-refractivity contribution in [3.63, 3.8) is 0 Å². The maximum Gasteiger partial charge on any atom is 0.267 e. The zero-order valence-electron chi connectivity index (χ0n) is 12.5. The summed E-state index contributed by atoms with van der Waals surface area (Å²) in [5.74, 6) is 1.12. The Morgan fingerprint density at radius 1 is 1.32 bits per heavy atom. The molecule has 8 heteroatoms. The third-order valence-electron chi connectivity index (χ3n) is 2.81. The molecule has 1 heterocycles. The molecule has 6 nitrogen and oxygen atoms in total. The number of nitrogens with zero attached hydrogens (tertiary/aromatic N) is 2. The molecule has 1 unspecified atom stereocenters. The number of rotatable bonds is 7. The average Bonchev–Trinajstić information content (AvgIpc) is 3.00. The molecule has 22 heavy (non-hydrogen) atoms. The first-order chi connectivity index (χ1) is 10.7. The van der Waals surface area contributed by atoms with E-state index in [1.165, 1.54) is 23.1 Å². The van der Waals surface area contributed by atoms with Crippen LogP contribution in [-0.2, 0) is 4.79 Å². The maximum absolute atomic E-state index is 12.2. The third-order valence-corrected chi connectivity index (χ3v) is 4.63. The van der Waals surface area contributed by atoms with Crippen LogP contribution in [0.2, 0.25) is 0 Å². The molecule has 1 aromatic heterocycles. The number of benzene rings is 1. The lowest BCUT2D eigenvalue weighted by molar-refractivity contribution is -0.122. The quantitative estimate of drug-likeness (QED) is 0.617. The van der Waals surface area contributed by atoms with Crippen LogP contribution in [0.5, 0.6) is 11.5 Å². The lowest BCUT2D eigenvalue weighted by Gasteiger charge is -2.16. The molecule has 0 radical (unpaired) electrons. The van der Waals surface area contributed by atoms with Crippen LogP contribution in [-0.4, -0.2) is 35.6 Å². The van der Waals surface area contributed by atoms with Gasteiger partial charge in [0.15, 0.2) is 10.4 Å². The second kappa shape index (κ2) is 8.00. The van der Waals surface area contributed by atoms with Crippen molar-refractivity contribution in [3.05, 3.63) is 24.3 Å². The van der Waals surface area contributed by atoms with Crippen molar-refractivity contribution >= 4 is 34.1 Å². The molecule has 0 aliphatic rings. The first-order valence-electron chi connectivity index (χ1n) is 6.65. The molecule has 1 amide bonds. The third kappa shape index (κ3) is 4.35. The predicted molar refractivity (Wildman–Crippen MR) is 88.0 cm³/mol. The van der Waals surface area contributed by atoms with Gasteiger partial charge in [-0.25, -0.2) is 0 Å². The first kappa shape index (κ1) is 16.6. The van der Waals surface area contributed by atoms with E-state index >= 15 is 0 Å². The summed E-state index contributed by atoms with van der Waals surface area (Å²) in [6.07, 6.45) is 1.87. The SMILES string of the molecule is CCC(Oc1ccc(OC)cc1)C(=O)Nc1nnc(SC)s1. The van der Waals surface area contributed by atoms with Gasteiger partial charge in [-0.2, -0.15) is 0 Å². The molecule has 1 N–H and O–H groups in total. The van der Waals surface area contributed by atoms with Gasteiger partial charge >= 0.3 is 0 Å². The van der Waals surface area contributed by atoms with E-state index in [1.54, 1.807) is 31.4 Å². The minimum atomic E-state index is -0.588. The van der Waals surface area contributed by atoms with Crippen molar-refractivity contribution in [2.75, 3.05) is 18.7 Å². The van der Waals surface area contributed by atoms with Gasteiger partial charge in [-0.05, 0) is 36.9 Å². The molecule has 0 saturated carbocycles. The van der Waals surface area contributed by atoms with E-state index in [-0.39, 0.29) is 5.91 Å². The van der Waals surface area contributed by atoms with Gasteiger partial charge in [0.2, 0.25) is 5.13 Å². The number of methoxy groups -OCH3 is 1. The topological polar surface area (TPSA) is 73.3 Å². The lowest BCUT2D eigenvalue weighted by Crippen LogP contribution is -2.32. The number of ether oxygens (including phenoxy) is 2. The van der Waals surface area contributed by atoms with Crippen molar-refractivity contribution in [2.24, 2.45) is 0 Å². The summed E-state index contributed by atoms with van der Waals surface area (Å²) < 4.78 is 11.6. The van der Waals surface area contributed by atoms with Gasteiger partial charge in [0.1, 0.15) is 11.5 Å². The average molecular weight is 339 g/mol. The van der Waals surface area contributed by atoms with Crippen molar-refractivity contribution in [3.8, 4) is 11.5 Å². The summed E-state index contributed by atoms with van der Waals surface area (Å²) >= 11 is 2.82. The number of anilines is 1. The van der Waals surface area contributed by atoms with Gasteiger partial charge in [-0.3, -0.25) is 10.1 Å². The molecule has 1 atom stereocenters. The highest BCUT2D eigenvalue weighted by Gasteiger charge is 2.20. The molecule has 2 aromatic rings. The van der Waals surface area contributed by atoms with Crippen LogP contribution in [0.3, 0.4) is 0 Å². The molecule has 0 bridgehead atoms. The fourth-order valence-corrected chi connectivity index (χ4v) is 2.84. The Labute approximate surface area is 137 Å². The highest BCUT2D eigenvalue weighted by atomic mass is 32.2. The molecular weight excluding hydrogens is 322 g/mol. The first-order valence-corrected chi connectivity index (χ1v) is 8.69. The zero-order chi connectivity index (χ0) is 15.9. The van der Waals surface area contributed by atoms with Crippen LogP contribution in [0.15, 0.2) is 28.6 Å². The molecular formula is C14H17N3O3S2. The summed E-state index contributed by atoms with van der Waals surface area (Å²) in [7, 11) is 1.60. The van der Waals surface area contributed by atoms with Crippen molar-refractivity contribution in [1.82, 2.24) is 10.2 Å². The Kier molecular flexibility index (Phi) is 6.02. The Morgan fingerprint density at radius 3 is 2.55 bits per heavy atom. The second-order valence-electron chi connectivity index (χ2n) is 4.26. The second-order valence-corrected chi connectivity index (χ2v) is 6.29. The highest BCUT2D eigenvalue weighted by Crippen LogP contribution is 2.24. The van der Waals surface area contributed by atoms with Gasteiger partial charge in [0, 0.05) is 0 Å². The number of thioether (sulfide) groups is 1. The van der Waals surface area contributed by atoms with Gasteiger partial charge in [0.05, 0.1) is 7.11 Å². The number of hydrogen-bond donors (Lipinski definition) is 1. The number of amides is 1. The molecule has 0 aliphatic carbocycles. The van der Waals surface area contributed by atoms with Gasteiger partial charge in [0.25, 0.3) is 5.91 Å². The molecule has 1 aromatic carbocycles. The van der Waals surface area contributed by atoms with Gasteiger partial charge in [-0.15, -0.1) is 10.2 Å². The number of nitrogens with one attached hydrogen (secondary N) is 1.